The third-order valence-corrected chi connectivity index (χ3v) is 5.56. The average molecular weight is 423 g/mol. The van der Waals surface area contributed by atoms with E-state index >= 15 is 0 Å². The molecular weight excluding hydrogens is 409 g/mol. The van der Waals surface area contributed by atoms with Crippen molar-refractivity contribution in [2.75, 3.05) is 5.32 Å². The summed E-state index contributed by atoms with van der Waals surface area (Å²) in [5.74, 6) is 0.498. The van der Waals surface area contributed by atoms with Crippen molar-refractivity contribution in [2.24, 2.45) is 0 Å². The maximum Gasteiger partial charge on any atom is 0.257 e. The van der Waals surface area contributed by atoms with Gasteiger partial charge in [0.15, 0.2) is 0 Å². The maximum absolute atomic E-state index is 12.5. The molecule has 0 aliphatic heterocycles. The molecule has 0 unspecified atom stereocenters. The second-order valence-corrected chi connectivity index (χ2v) is 7.79. The van der Waals surface area contributed by atoms with Crippen LogP contribution in [0.25, 0.3) is 0 Å². The minimum absolute atomic E-state index is 0.272. The highest BCUT2D eigenvalue weighted by molar-refractivity contribution is 7.98. The topological polar surface area (TPSA) is 29.1 Å². The number of hydrogen-bond donors (Lipinski definition) is 1. The predicted octanol–water partition coefficient (Wildman–Crippen LogP) is 7.19. The first-order valence-electron chi connectivity index (χ1n) is 7.75. The van der Waals surface area contributed by atoms with Crippen LogP contribution in [-0.4, -0.2) is 5.91 Å². The van der Waals surface area contributed by atoms with Gasteiger partial charge in [-0.2, -0.15) is 0 Å². The van der Waals surface area contributed by atoms with Gasteiger partial charge in [0.25, 0.3) is 5.91 Å². The average Bonchev–Trinajstić information content (AvgIpc) is 2.62. The number of benzene rings is 3. The van der Waals surface area contributed by atoms with Crippen molar-refractivity contribution in [3.8, 4) is 0 Å². The molecule has 26 heavy (non-hydrogen) atoms. The maximum atomic E-state index is 12.5. The Morgan fingerprint density at radius 2 is 1.58 bits per heavy atom. The lowest BCUT2D eigenvalue weighted by Gasteiger charge is -2.12. The predicted molar refractivity (Wildman–Crippen MR) is 112 cm³/mol. The van der Waals surface area contributed by atoms with Crippen molar-refractivity contribution >= 4 is 58.2 Å². The van der Waals surface area contributed by atoms with Crippen LogP contribution in [0.3, 0.4) is 0 Å². The molecule has 0 radical (unpaired) electrons. The molecule has 3 rings (SSSR count). The van der Waals surface area contributed by atoms with Gasteiger partial charge in [-0.25, -0.2) is 0 Å². The van der Waals surface area contributed by atoms with E-state index in [4.69, 9.17) is 34.8 Å². The van der Waals surface area contributed by atoms with Crippen molar-refractivity contribution < 1.29 is 4.79 Å². The molecule has 2 nitrogen and oxygen atoms in total. The SMILES string of the molecule is O=C(Nc1ccccc1SCc1ccc(Cl)cc1)c1ccc(Cl)cc1Cl. The molecular formula is C20H14Cl3NOS. The number of carbonyl (C=O) groups excluding carboxylic acids is 1. The zero-order valence-corrected chi connectivity index (χ0v) is 16.6. The first-order valence-corrected chi connectivity index (χ1v) is 9.87. The first-order chi connectivity index (χ1) is 12.5. The van der Waals surface area contributed by atoms with E-state index in [0.717, 1.165) is 21.9 Å². The summed E-state index contributed by atoms with van der Waals surface area (Å²) in [6.07, 6.45) is 0. The van der Waals surface area contributed by atoms with Crippen LogP contribution < -0.4 is 5.32 Å². The van der Waals surface area contributed by atoms with Gasteiger partial charge >= 0.3 is 0 Å². The van der Waals surface area contributed by atoms with Gasteiger partial charge in [0.2, 0.25) is 0 Å². The van der Waals surface area contributed by atoms with Crippen LogP contribution in [0.4, 0.5) is 5.69 Å². The summed E-state index contributed by atoms with van der Waals surface area (Å²) in [7, 11) is 0. The molecule has 0 bridgehead atoms. The number of thioether (sulfide) groups is 1. The van der Waals surface area contributed by atoms with Crippen molar-refractivity contribution in [2.45, 2.75) is 10.6 Å². The Morgan fingerprint density at radius 3 is 2.31 bits per heavy atom. The molecule has 0 spiro atoms. The highest BCUT2D eigenvalue weighted by Crippen LogP contribution is 2.31. The number of anilines is 1. The van der Waals surface area contributed by atoms with Gasteiger partial charge in [0.05, 0.1) is 16.3 Å². The monoisotopic (exact) mass is 421 g/mol. The Labute approximate surface area is 171 Å². The largest absolute Gasteiger partial charge is 0.321 e. The number of carbonyl (C=O) groups is 1. The van der Waals surface area contributed by atoms with E-state index in [9.17, 15) is 4.79 Å². The van der Waals surface area contributed by atoms with E-state index in [1.807, 2.05) is 48.5 Å². The number of halogens is 3. The fraction of sp³-hybridized carbons (Fsp3) is 0.0500. The summed E-state index contributed by atoms with van der Waals surface area (Å²) in [5.41, 5.74) is 2.28. The fourth-order valence-corrected chi connectivity index (χ4v) is 3.89. The van der Waals surface area contributed by atoms with Crippen LogP contribution in [0.1, 0.15) is 15.9 Å². The molecule has 3 aromatic carbocycles. The van der Waals surface area contributed by atoms with Gasteiger partial charge in [-0.1, -0.05) is 59.1 Å². The summed E-state index contributed by atoms with van der Waals surface area (Å²) in [6.45, 7) is 0. The summed E-state index contributed by atoms with van der Waals surface area (Å²) >= 11 is 19.6. The Kier molecular flexibility index (Phi) is 6.49. The van der Waals surface area contributed by atoms with Crippen LogP contribution in [0.15, 0.2) is 71.6 Å². The second kappa shape index (κ2) is 8.83. The standard InChI is InChI=1S/C20H14Cl3NOS/c21-14-7-5-13(6-8-14)12-26-19-4-2-1-3-18(19)24-20(25)16-10-9-15(22)11-17(16)23/h1-11H,12H2,(H,24,25). The normalized spacial score (nSPS) is 10.6. The third-order valence-electron chi connectivity index (χ3n) is 3.62. The molecule has 0 aromatic heterocycles. The second-order valence-electron chi connectivity index (χ2n) is 5.49. The summed E-state index contributed by atoms with van der Waals surface area (Å²) in [4.78, 5) is 13.5. The van der Waals surface area contributed by atoms with Crippen molar-refractivity contribution in [1.82, 2.24) is 0 Å². The Bertz CT molecular complexity index is 929. The minimum Gasteiger partial charge on any atom is -0.321 e. The number of para-hydroxylation sites is 1. The summed E-state index contributed by atoms with van der Waals surface area (Å²) in [5, 5.41) is 4.45. The Hall–Kier alpha value is -1.65. The smallest absolute Gasteiger partial charge is 0.257 e. The molecule has 0 aliphatic rings. The van der Waals surface area contributed by atoms with Gasteiger partial charge in [-0.05, 0) is 48.0 Å². The fourth-order valence-electron chi connectivity index (χ4n) is 2.30. The Morgan fingerprint density at radius 1 is 0.885 bits per heavy atom. The molecule has 0 heterocycles. The van der Waals surface area contributed by atoms with Gasteiger partial charge in [-0.3, -0.25) is 4.79 Å². The van der Waals surface area contributed by atoms with Gasteiger partial charge in [-0.15, -0.1) is 11.8 Å². The quantitative estimate of drug-likeness (QED) is 0.441. The lowest BCUT2D eigenvalue weighted by atomic mass is 10.2. The van der Waals surface area contributed by atoms with Crippen molar-refractivity contribution in [3.63, 3.8) is 0 Å². The van der Waals surface area contributed by atoms with Crippen LogP contribution in [0.5, 0.6) is 0 Å². The summed E-state index contributed by atoms with van der Waals surface area (Å²) in [6, 6.07) is 20.2. The number of hydrogen-bond acceptors (Lipinski definition) is 2. The van der Waals surface area contributed by atoms with E-state index < -0.39 is 0 Å². The van der Waals surface area contributed by atoms with Crippen LogP contribution in [0.2, 0.25) is 15.1 Å². The highest BCUT2D eigenvalue weighted by Gasteiger charge is 2.13. The van der Waals surface area contributed by atoms with E-state index in [2.05, 4.69) is 5.32 Å². The van der Waals surface area contributed by atoms with Crippen LogP contribution >= 0.6 is 46.6 Å². The molecule has 3 aromatic rings. The van der Waals surface area contributed by atoms with Crippen molar-refractivity contribution in [1.29, 1.82) is 0 Å². The number of nitrogens with one attached hydrogen (secondary N) is 1. The summed E-state index contributed by atoms with van der Waals surface area (Å²) < 4.78 is 0. The molecule has 0 fully saturated rings. The highest BCUT2D eigenvalue weighted by atomic mass is 35.5. The molecule has 0 atom stereocenters. The zero-order valence-electron chi connectivity index (χ0n) is 13.5. The van der Waals surface area contributed by atoms with E-state index in [1.165, 1.54) is 0 Å². The van der Waals surface area contributed by atoms with E-state index in [-0.39, 0.29) is 5.91 Å². The molecule has 132 valence electrons. The molecule has 1 N–H and O–H groups in total. The van der Waals surface area contributed by atoms with Gasteiger partial charge in [0, 0.05) is 20.7 Å². The third kappa shape index (κ3) is 4.95. The van der Waals surface area contributed by atoms with Crippen molar-refractivity contribution in [3.05, 3.63) is 92.9 Å². The number of rotatable bonds is 5. The van der Waals surface area contributed by atoms with E-state index in [0.29, 0.717) is 20.6 Å². The first kappa shape index (κ1) is 19.1. The van der Waals surface area contributed by atoms with Gasteiger partial charge < -0.3 is 5.32 Å². The molecule has 0 saturated carbocycles. The molecule has 0 aliphatic carbocycles. The van der Waals surface area contributed by atoms with Crippen LogP contribution in [-0.2, 0) is 5.75 Å². The van der Waals surface area contributed by atoms with E-state index in [1.54, 1.807) is 30.0 Å². The number of amides is 1. The molecule has 6 heteroatoms. The van der Waals surface area contributed by atoms with Gasteiger partial charge in [0.1, 0.15) is 0 Å². The molecule has 1 amide bonds. The lowest BCUT2D eigenvalue weighted by Crippen LogP contribution is -2.13. The zero-order chi connectivity index (χ0) is 18.5. The molecule has 0 saturated heterocycles. The lowest BCUT2D eigenvalue weighted by molar-refractivity contribution is 0.102. The minimum atomic E-state index is -0.272. The Balaban J connectivity index is 1.74. The van der Waals surface area contributed by atoms with Crippen LogP contribution in [0, 0.1) is 0 Å².